The number of carbonyl (C=O) groups is 3. The molecule has 2 N–H and O–H groups in total. The minimum Gasteiger partial charge on any atom is -0.444 e. The predicted molar refractivity (Wildman–Crippen MR) is 118 cm³/mol. The van der Waals surface area contributed by atoms with Crippen molar-refractivity contribution in [2.45, 2.75) is 12.5 Å². The second-order valence-corrected chi connectivity index (χ2v) is 7.75. The highest BCUT2D eigenvalue weighted by molar-refractivity contribution is 9.10. The molecular formula is C22H22BrN3O4. The van der Waals surface area contributed by atoms with Crippen molar-refractivity contribution < 1.29 is 19.1 Å². The minimum atomic E-state index is -0.855. The number of benzene rings is 2. The van der Waals surface area contributed by atoms with E-state index in [0.29, 0.717) is 18.7 Å². The highest BCUT2D eigenvalue weighted by atomic mass is 79.9. The van der Waals surface area contributed by atoms with Crippen LogP contribution in [-0.4, -0.2) is 48.5 Å². The van der Waals surface area contributed by atoms with E-state index in [1.807, 2.05) is 42.5 Å². The summed E-state index contributed by atoms with van der Waals surface area (Å²) in [5, 5.41) is 0. The molecule has 1 heterocycles. The molecule has 0 radical (unpaired) electrons. The van der Waals surface area contributed by atoms with Crippen LogP contribution < -0.4 is 10.6 Å². The number of halogens is 1. The number of primary amides is 1. The van der Waals surface area contributed by atoms with E-state index in [1.54, 1.807) is 23.1 Å². The van der Waals surface area contributed by atoms with E-state index >= 15 is 0 Å². The summed E-state index contributed by atoms with van der Waals surface area (Å²) < 4.78 is 5.85. The third-order valence-corrected chi connectivity index (χ3v) is 5.22. The van der Waals surface area contributed by atoms with Gasteiger partial charge < -0.3 is 15.4 Å². The summed E-state index contributed by atoms with van der Waals surface area (Å²) in [6, 6.07) is 16.6. The van der Waals surface area contributed by atoms with Crippen LogP contribution in [0.15, 0.2) is 65.1 Å². The Bertz CT molecular complexity index is 931. The van der Waals surface area contributed by atoms with E-state index in [4.69, 9.17) is 10.5 Å². The molecule has 0 saturated carbocycles. The lowest BCUT2D eigenvalue weighted by Crippen LogP contribution is -2.42. The first-order valence-electron chi connectivity index (χ1n) is 9.46. The van der Waals surface area contributed by atoms with Crippen LogP contribution in [0.1, 0.15) is 12.0 Å². The summed E-state index contributed by atoms with van der Waals surface area (Å²) in [5.41, 5.74) is 6.55. The van der Waals surface area contributed by atoms with Gasteiger partial charge in [0.2, 0.25) is 5.91 Å². The molecule has 2 aromatic carbocycles. The van der Waals surface area contributed by atoms with Gasteiger partial charge in [-0.05, 0) is 35.9 Å². The molecule has 1 aliphatic rings. The van der Waals surface area contributed by atoms with Crippen LogP contribution in [0.25, 0.3) is 6.08 Å². The lowest BCUT2D eigenvalue weighted by atomic mass is 10.2. The van der Waals surface area contributed by atoms with E-state index in [9.17, 15) is 14.4 Å². The van der Waals surface area contributed by atoms with Crippen molar-refractivity contribution in [3.05, 3.63) is 70.7 Å². The van der Waals surface area contributed by atoms with Crippen LogP contribution in [0.2, 0.25) is 0 Å². The minimum absolute atomic E-state index is 0.122. The zero-order chi connectivity index (χ0) is 21.5. The molecule has 0 unspecified atom stereocenters. The zero-order valence-corrected chi connectivity index (χ0v) is 17.8. The van der Waals surface area contributed by atoms with Gasteiger partial charge in [-0.15, -0.1) is 0 Å². The quantitative estimate of drug-likeness (QED) is 0.654. The van der Waals surface area contributed by atoms with Crippen molar-refractivity contribution in [3.63, 3.8) is 0 Å². The van der Waals surface area contributed by atoms with Crippen molar-refractivity contribution in [3.8, 4) is 0 Å². The number of nitrogens with two attached hydrogens (primary N) is 1. The lowest BCUT2D eigenvalue weighted by Gasteiger charge is -2.24. The number of hydrogen-bond acceptors (Lipinski definition) is 4. The van der Waals surface area contributed by atoms with Crippen LogP contribution >= 0.6 is 15.9 Å². The molecule has 3 amide bonds. The van der Waals surface area contributed by atoms with Gasteiger partial charge in [0.1, 0.15) is 12.6 Å². The van der Waals surface area contributed by atoms with Crippen molar-refractivity contribution in [1.82, 2.24) is 4.90 Å². The molecule has 3 rings (SSSR count). The van der Waals surface area contributed by atoms with Crippen LogP contribution in [0, 0.1) is 0 Å². The van der Waals surface area contributed by atoms with Crippen molar-refractivity contribution in [1.29, 1.82) is 0 Å². The molecule has 8 heteroatoms. The van der Waals surface area contributed by atoms with E-state index in [1.165, 1.54) is 11.0 Å². The first-order chi connectivity index (χ1) is 14.4. The number of anilines is 1. The van der Waals surface area contributed by atoms with Gasteiger partial charge in [0.25, 0.3) is 5.91 Å². The van der Waals surface area contributed by atoms with E-state index < -0.39 is 12.2 Å². The average molecular weight is 472 g/mol. The number of ether oxygens (including phenoxy) is 1. The number of hydrogen-bond donors (Lipinski definition) is 1. The number of likely N-dealkylation sites (tertiary alicyclic amines) is 1. The number of amides is 3. The second-order valence-electron chi connectivity index (χ2n) is 6.83. The lowest BCUT2D eigenvalue weighted by molar-refractivity contribution is -0.130. The van der Waals surface area contributed by atoms with Crippen molar-refractivity contribution in [2.75, 3.05) is 24.5 Å². The fourth-order valence-electron chi connectivity index (χ4n) is 3.19. The predicted octanol–water partition coefficient (Wildman–Crippen LogP) is 3.19. The van der Waals surface area contributed by atoms with Crippen LogP contribution in [0.3, 0.4) is 0 Å². The van der Waals surface area contributed by atoms with Crippen LogP contribution in [0.4, 0.5) is 10.5 Å². The topological polar surface area (TPSA) is 92.9 Å². The van der Waals surface area contributed by atoms with Gasteiger partial charge in [-0.2, -0.15) is 0 Å². The molecule has 1 saturated heterocycles. The molecule has 2 aromatic rings. The fourth-order valence-corrected chi connectivity index (χ4v) is 3.45. The Morgan fingerprint density at radius 2 is 1.83 bits per heavy atom. The Morgan fingerprint density at radius 1 is 1.13 bits per heavy atom. The number of rotatable bonds is 6. The van der Waals surface area contributed by atoms with Crippen molar-refractivity contribution >= 4 is 45.6 Å². The number of carbonyl (C=O) groups excluding carboxylic acids is 3. The monoisotopic (exact) mass is 471 g/mol. The summed E-state index contributed by atoms with van der Waals surface area (Å²) in [4.78, 5) is 39.7. The Labute approximate surface area is 183 Å². The molecule has 1 atom stereocenters. The van der Waals surface area contributed by atoms with Gasteiger partial charge in [0, 0.05) is 29.2 Å². The average Bonchev–Trinajstić information content (AvgIpc) is 3.19. The Kier molecular flexibility index (Phi) is 7.24. The zero-order valence-electron chi connectivity index (χ0n) is 16.2. The standard InChI is InChI=1S/C22H22BrN3O4/c23-17-7-9-18(10-8-17)26(20(27)11-6-16-4-2-1-3-5-16)15-21(28)25-13-12-19(14-25)30-22(24)29/h1-11,19H,12-15H2,(H2,24,29)/b11-6+/t19-/m0/s1. The van der Waals surface area contributed by atoms with Crippen LogP contribution in [0.5, 0.6) is 0 Å². The molecular weight excluding hydrogens is 450 g/mol. The van der Waals surface area contributed by atoms with E-state index in [0.717, 1.165) is 10.0 Å². The van der Waals surface area contributed by atoms with E-state index in [-0.39, 0.29) is 24.9 Å². The third-order valence-electron chi connectivity index (χ3n) is 4.70. The largest absolute Gasteiger partial charge is 0.444 e. The van der Waals surface area contributed by atoms with Crippen LogP contribution in [-0.2, 0) is 14.3 Å². The smallest absolute Gasteiger partial charge is 0.404 e. The summed E-state index contributed by atoms with van der Waals surface area (Å²) in [6.45, 7) is 0.589. The Morgan fingerprint density at radius 3 is 2.50 bits per heavy atom. The molecule has 0 spiro atoms. The van der Waals surface area contributed by atoms with Gasteiger partial charge in [-0.1, -0.05) is 46.3 Å². The van der Waals surface area contributed by atoms with Gasteiger partial charge in [0.15, 0.2) is 0 Å². The SMILES string of the molecule is NC(=O)O[C@H]1CCN(C(=O)CN(C(=O)/C=C/c2ccccc2)c2ccc(Br)cc2)C1. The Hall–Kier alpha value is -3.13. The highest BCUT2D eigenvalue weighted by Gasteiger charge is 2.30. The van der Waals surface area contributed by atoms with Gasteiger partial charge >= 0.3 is 6.09 Å². The molecule has 1 aliphatic heterocycles. The summed E-state index contributed by atoms with van der Waals surface area (Å²) in [6.07, 6.45) is 2.42. The summed E-state index contributed by atoms with van der Waals surface area (Å²) in [5.74, 6) is -0.534. The highest BCUT2D eigenvalue weighted by Crippen LogP contribution is 2.20. The molecule has 156 valence electrons. The molecule has 0 aliphatic carbocycles. The maximum Gasteiger partial charge on any atom is 0.404 e. The Balaban J connectivity index is 1.74. The molecule has 30 heavy (non-hydrogen) atoms. The fraction of sp³-hybridized carbons (Fsp3) is 0.227. The first-order valence-corrected chi connectivity index (χ1v) is 10.3. The molecule has 0 aromatic heterocycles. The molecule has 7 nitrogen and oxygen atoms in total. The van der Waals surface area contributed by atoms with Gasteiger partial charge in [-0.25, -0.2) is 4.79 Å². The van der Waals surface area contributed by atoms with Gasteiger partial charge in [-0.3, -0.25) is 14.5 Å². The normalized spacial score (nSPS) is 15.9. The van der Waals surface area contributed by atoms with Gasteiger partial charge in [0.05, 0.1) is 6.54 Å². The number of nitrogens with zero attached hydrogens (tertiary/aromatic N) is 2. The van der Waals surface area contributed by atoms with E-state index in [2.05, 4.69) is 15.9 Å². The first kappa shape index (κ1) is 21.6. The molecule has 1 fully saturated rings. The second kappa shape index (κ2) is 10.1. The maximum atomic E-state index is 12.9. The summed E-state index contributed by atoms with van der Waals surface area (Å²) >= 11 is 3.38. The van der Waals surface area contributed by atoms with Crippen molar-refractivity contribution in [2.24, 2.45) is 5.73 Å². The molecule has 0 bridgehead atoms. The maximum absolute atomic E-state index is 12.9. The summed E-state index contributed by atoms with van der Waals surface area (Å²) in [7, 11) is 0. The third kappa shape index (κ3) is 5.93.